The lowest BCUT2D eigenvalue weighted by molar-refractivity contribution is 0.526. The molecule has 0 aliphatic rings. The second kappa shape index (κ2) is 7.36. The summed E-state index contributed by atoms with van der Waals surface area (Å²) in [6.07, 6.45) is 5.90. The molecular formula is C17H26N4. The van der Waals surface area contributed by atoms with Gasteiger partial charge >= 0.3 is 0 Å². The molecule has 0 amide bonds. The molecular weight excluding hydrogens is 260 g/mol. The molecule has 1 N–H and O–H groups in total. The van der Waals surface area contributed by atoms with E-state index >= 15 is 0 Å². The average molecular weight is 286 g/mol. The highest BCUT2D eigenvalue weighted by Crippen LogP contribution is 2.25. The number of hydrogen-bond acceptors (Lipinski definition) is 3. The van der Waals surface area contributed by atoms with Gasteiger partial charge in [0.1, 0.15) is 0 Å². The Morgan fingerprint density at radius 3 is 2.71 bits per heavy atom. The summed E-state index contributed by atoms with van der Waals surface area (Å²) >= 11 is 0. The summed E-state index contributed by atoms with van der Waals surface area (Å²) in [7, 11) is 0. The fraction of sp³-hybridized carbons (Fsp3) is 0.529. The van der Waals surface area contributed by atoms with Crippen molar-refractivity contribution in [2.75, 3.05) is 6.54 Å². The van der Waals surface area contributed by atoms with Gasteiger partial charge < -0.3 is 5.32 Å². The molecule has 4 nitrogen and oxygen atoms in total. The van der Waals surface area contributed by atoms with Gasteiger partial charge in [-0.1, -0.05) is 13.8 Å². The Morgan fingerprint density at radius 2 is 2.10 bits per heavy atom. The molecule has 0 fully saturated rings. The van der Waals surface area contributed by atoms with E-state index in [1.165, 1.54) is 16.8 Å². The first kappa shape index (κ1) is 15.7. The Labute approximate surface area is 127 Å². The van der Waals surface area contributed by atoms with Gasteiger partial charge in [0.05, 0.1) is 17.4 Å². The quantitative estimate of drug-likeness (QED) is 0.849. The van der Waals surface area contributed by atoms with Crippen LogP contribution in [0.4, 0.5) is 0 Å². The molecule has 0 spiro atoms. The number of aryl methyl sites for hydroxylation is 3. The Hall–Kier alpha value is -1.68. The van der Waals surface area contributed by atoms with E-state index in [9.17, 15) is 0 Å². The monoisotopic (exact) mass is 286 g/mol. The fourth-order valence-electron chi connectivity index (χ4n) is 2.59. The maximum atomic E-state index is 4.69. The number of pyridine rings is 1. The van der Waals surface area contributed by atoms with Crippen molar-refractivity contribution >= 4 is 0 Å². The number of rotatable bonds is 7. The molecule has 0 bridgehead atoms. The number of nitrogens with zero attached hydrogens (tertiary/aromatic N) is 3. The number of aromatic nitrogens is 3. The Bertz CT molecular complexity index is 574. The van der Waals surface area contributed by atoms with Crippen LogP contribution in [0.15, 0.2) is 24.5 Å². The molecule has 2 aromatic heterocycles. The van der Waals surface area contributed by atoms with Crippen molar-refractivity contribution < 1.29 is 0 Å². The largest absolute Gasteiger partial charge is 0.305 e. The van der Waals surface area contributed by atoms with Crippen LogP contribution >= 0.6 is 0 Å². The third-order valence-electron chi connectivity index (χ3n) is 3.81. The SMILES string of the molecule is CCCNC(c1cnccc1C)c1cc(CC)nn1CC. The van der Waals surface area contributed by atoms with Gasteiger partial charge in [-0.2, -0.15) is 5.10 Å². The maximum Gasteiger partial charge on any atom is 0.0765 e. The predicted molar refractivity (Wildman–Crippen MR) is 86.4 cm³/mol. The van der Waals surface area contributed by atoms with E-state index in [0.29, 0.717) is 0 Å². The van der Waals surface area contributed by atoms with Crippen LogP contribution < -0.4 is 5.32 Å². The molecule has 1 unspecified atom stereocenters. The van der Waals surface area contributed by atoms with E-state index in [2.05, 4.69) is 59.9 Å². The van der Waals surface area contributed by atoms with Crippen molar-refractivity contribution in [2.45, 2.75) is 53.1 Å². The van der Waals surface area contributed by atoms with Crippen LogP contribution in [-0.2, 0) is 13.0 Å². The summed E-state index contributed by atoms with van der Waals surface area (Å²) in [4.78, 5) is 4.31. The fourth-order valence-corrected chi connectivity index (χ4v) is 2.59. The van der Waals surface area contributed by atoms with Crippen molar-refractivity contribution in [3.63, 3.8) is 0 Å². The highest BCUT2D eigenvalue weighted by Gasteiger charge is 2.20. The Kier molecular flexibility index (Phi) is 5.51. The second-order valence-electron chi connectivity index (χ2n) is 5.35. The lowest BCUT2D eigenvalue weighted by Crippen LogP contribution is -2.26. The topological polar surface area (TPSA) is 42.7 Å². The highest BCUT2D eigenvalue weighted by atomic mass is 15.3. The van der Waals surface area contributed by atoms with E-state index in [0.717, 1.165) is 31.6 Å². The Morgan fingerprint density at radius 1 is 1.29 bits per heavy atom. The highest BCUT2D eigenvalue weighted by molar-refractivity contribution is 5.33. The van der Waals surface area contributed by atoms with E-state index in [-0.39, 0.29) is 6.04 Å². The smallest absolute Gasteiger partial charge is 0.0765 e. The van der Waals surface area contributed by atoms with Gasteiger partial charge in [-0.05, 0) is 56.5 Å². The van der Waals surface area contributed by atoms with E-state index in [4.69, 9.17) is 0 Å². The number of nitrogens with one attached hydrogen (secondary N) is 1. The summed E-state index contributed by atoms with van der Waals surface area (Å²) < 4.78 is 2.11. The summed E-state index contributed by atoms with van der Waals surface area (Å²) in [5.74, 6) is 0. The van der Waals surface area contributed by atoms with E-state index in [1.807, 2.05) is 12.4 Å². The minimum absolute atomic E-state index is 0.159. The van der Waals surface area contributed by atoms with Gasteiger partial charge in [0.25, 0.3) is 0 Å². The molecule has 2 aromatic rings. The van der Waals surface area contributed by atoms with Crippen LogP contribution in [0, 0.1) is 6.92 Å². The first-order chi connectivity index (χ1) is 10.2. The van der Waals surface area contributed by atoms with Crippen LogP contribution in [0.5, 0.6) is 0 Å². The molecule has 0 saturated carbocycles. The molecule has 0 aromatic carbocycles. The van der Waals surface area contributed by atoms with Gasteiger partial charge in [0.15, 0.2) is 0 Å². The second-order valence-corrected chi connectivity index (χ2v) is 5.35. The summed E-state index contributed by atoms with van der Waals surface area (Å²) in [5.41, 5.74) is 4.89. The summed E-state index contributed by atoms with van der Waals surface area (Å²) in [6, 6.07) is 4.46. The molecule has 4 heteroatoms. The van der Waals surface area contributed by atoms with Crippen LogP contribution in [0.25, 0.3) is 0 Å². The molecule has 0 aliphatic heterocycles. The molecule has 21 heavy (non-hydrogen) atoms. The molecule has 2 heterocycles. The lowest BCUT2D eigenvalue weighted by Gasteiger charge is -2.21. The van der Waals surface area contributed by atoms with Gasteiger partial charge in [-0.15, -0.1) is 0 Å². The Balaban J connectivity index is 2.45. The van der Waals surface area contributed by atoms with Crippen molar-refractivity contribution in [1.82, 2.24) is 20.1 Å². The zero-order valence-electron chi connectivity index (χ0n) is 13.6. The van der Waals surface area contributed by atoms with Crippen molar-refractivity contribution in [1.29, 1.82) is 0 Å². The minimum atomic E-state index is 0.159. The van der Waals surface area contributed by atoms with Crippen LogP contribution in [0.3, 0.4) is 0 Å². The van der Waals surface area contributed by atoms with Crippen molar-refractivity contribution in [3.8, 4) is 0 Å². The molecule has 1 atom stereocenters. The third kappa shape index (κ3) is 3.50. The third-order valence-corrected chi connectivity index (χ3v) is 3.81. The van der Waals surface area contributed by atoms with Gasteiger partial charge in [-0.3, -0.25) is 9.67 Å². The minimum Gasteiger partial charge on any atom is -0.305 e. The zero-order chi connectivity index (χ0) is 15.2. The van der Waals surface area contributed by atoms with Crippen LogP contribution in [-0.4, -0.2) is 21.3 Å². The standard InChI is InChI=1S/C17H26N4/c1-5-9-19-17(15-12-18-10-8-13(15)4)16-11-14(6-2)20-21(16)7-3/h8,10-12,17,19H,5-7,9H2,1-4H3. The van der Waals surface area contributed by atoms with Gasteiger partial charge in [-0.25, -0.2) is 0 Å². The summed E-state index contributed by atoms with van der Waals surface area (Å²) in [5, 5.41) is 8.34. The first-order valence-corrected chi connectivity index (χ1v) is 7.91. The number of hydrogen-bond donors (Lipinski definition) is 1. The molecule has 0 radical (unpaired) electrons. The van der Waals surface area contributed by atoms with E-state index < -0.39 is 0 Å². The average Bonchev–Trinajstić information content (AvgIpc) is 2.92. The van der Waals surface area contributed by atoms with E-state index in [1.54, 1.807) is 0 Å². The normalized spacial score (nSPS) is 12.6. The maximum absolute atomic E-state index is 4.69. The zero-order valence-corrected chi connectivity index (χ0v) is 13.6. The molecule has 0 saturated heterocycles. The molecule has 0 aliphatic carbocycles. The molecule has 114 valence electrons. The van der Waals surface area contributed by atoms with Gasteiger partial charge in [0.2, 0.25) is 0 Å². The van der Waals surface area contributed by atoms with Crippen molar-refractivity contribution in [2.24, 2.45) is 0 Å². The molecule has 2 rings (SSSR count). The van der Waals surface area contributed by atoms with Crippen LogP contribution in [0.1, 0.15) is 55.7 Å². The predicted octanol–water partition coefficient (Wildman–Crippen LogP) is 3.26. The summed E-state index contributed by atoms with van der Waals surface area (Å²) in [6.45, 7) is 10.5. The first-order valence-electron chi connectivity index (χ1n) is 7.91. The van der Waals surface area contributed by atoms with Gasteiger partial charge in [0, 0.05) is 18.9 Å². The van der Waals surface area contributed by atoms with Crippen LogP contribution in [0.2, 0.25) is 0 Å². The van der Waals surface area contributed by atoms with Crippen molar-refractivity contribution in [3.05, 3.63) is 47.0 Å². The lowest BCUT2D eigenvalue weighted by atomic mass is 10.0.